The van der Waals surface area contributed by atoms with Crippen LogP contribution in [0.5, 0.6) is 11.5 Å². The molecule has 2 aromatic heterocycles. The molecule has 0 N–H and O–H groups in total. The maximum absolute atomic E-state index is 15.1. The van der Waals surface area contributed by atoms with Crippen LogP contribution in [0.1, 0.15) is 140 Å². The maximum Gasteiger partial charge on any atom is 0.256 e. The predicted molar refractivity (Wildman–Crippen MR) is 197 cm³/mol. The van der Waals surface area contributed by atoms with Gasteiger partial charge in [0.2, 0.25) is 0 Å². The van der Waals surface area contributed by atoms with E-state index in [4.69, 9.17) is 4.74 Å². The molecule has 2 aliphatic rings. The first-order chi connectivity index (χ1) is 24.0. The number of rotatable bonds is 14. The first kappa shape index (κ1) is 35.2. The van der Waals surface area contributed by atoms with Gasteiger partial charge in [-0.05, 0) is 110 Å². The van der Waals surface area contributed by atoms with Crippen molar-refractivity contribution in [3.05, 3.63) is 95.8 Å². The molecule has 0 bridgehead atoms. The third kappa shape index (κ3) is 9.35. The second-order valence-electron chi connectivity index (χ2n) is 14.7. The van der Waals surface area contributed by atoms with Crippen LogP contribution in [0, 0.1) is 23.7 Å². The molecule has 0 aliphatic heterocycles. The Bertz CT molecular complexity index is 1480. The minimum absolute atomic E-state index is 0.131. The second-order valence-corrected chi connectivity index (χ2v) is 14.7. The molecule has 3 nitrogen and oxygen atoms in total. The summed E-state index contributed by atoms with van der Waals surface area (Å²) in [6.45, 7) is 4.54. The van der Waals surface area contributed by atoms with E-state index in [2.05, 4.69) is 48.1 Å². The van der Waals surface area contributed by atoms with E-state index < -0.39 is 11.9 Å². The third-order valence-electron chi connectivity index (χ3n) is 11.3. The van der Waals surface area contributed by atoms with Crippen molar-refractivity contribution in [1.29, 1.82) is 0 Å². The molecule has 0 amide bonds. The lowest BCUT2D eigenvalue weighted by Crippen LogP contribution is -2.13. The molecular formula is C44H54F2N2O. The van der Waals surface area contributed by atoms with Crippen molar-refractivity contribution in [2.75, 3.05) is 0 Å². The van der Waals surface area contributed by atoms with Gasteiger partial charge < -0.3 is 4.74 Å². The minimum atomic E-state index is -0.781. The van der Waals surface area contributed by atoms with Crippen LogP contribution >= 0.6 is 0 Å². The summed E-state index contributed by atoms with van der Waals surface area (Å²) in [5.41, 5.74) is 5.45. The van der Waals surface area contributed by atoms with E-state index in [1.807, 2.05) is 24.3 Å². The molecular weight excluding hydrogens is 610 g/mol. The minimum Gasteiger partial charge on any atom is -0.448 e. The summed E-state index contributed by atoms with van der Waals surface area (Å²) in [5, 5.41) is 0. The highest BCUT2D eigenvalue weighted by Crippen LogP contribution is 2.40. The summed E-state index contributed by atoms with van der Waals surface area (Å²) in [5.74, 6) is 1.14. The van der Waals surface area contributed by atoms with E-state index in [0.717, 1.165) is 23.0 Å². The number of halogens is 2. The van der Waals surface area contributed by atoms with Gasteiger partial charge in [0.25, 0.3) is 11.9 Å². The number of hydrogen-bond acceptors (Lipinski definition) is 3. The molecule has 2 fully saturated rings. The molecule has 260 valence electrons. The zero-order valence-electron chi connectivity index (χ0n) is 29.6. The smallest absolute Gasteiger partial charge is 0.256 e. The summed E-state index contributed by atoms with van der Waals surface area (Å²) in [7, 11) is 0. The van der Waals surface area contributed by atoms with Crippen molar-refractivity contribution in [2.24, 2.45) is 11.8 Å². The highest BCUT2D eigenvalue weighted by Gasteiger charge is 2.24. The van der Waals surface area contributed by atoms with Crippen molar-refractivity contribution in [1.82, 2.24) is 9.97 Å². The van der Waals surface area contributed by atoms with E-state index in [0.29, 0.717) is 23.2 Å². The molecule has 4 aromatic rings. The Kier molecular flexibility index (Phi) is 12.5. The molecule has 0 unspecified atom stereocenters. The van der Waals surface area contributed by atoms with E-state index >= 15 is 8.78 Å². The zero-order valence-corrected chi connectivity index (χ0v) is 29.6. The number of pyridine rings is 2. The molecule has 0 saturated heterocycles. The Balaban J connectivity index is 1.02. The van der Waals surface area contributed by atoms with Gasteiger partial charge in [0.15, 0.2) is 11.5 Å². The van der Waals surface area contributed by atoms with Gasteiger partial charge in [-0.2, -0.15) is 8.78 Å². The molecule has 49 heavy (non-hydrogen) atoms. The SMILES string of the molecule is CCCCCC1CCC(c2ccc(-c3ccc(Oc4ccc(-c5ccc(C6CCC(CCCCC)CC6)cc5)nc4F)c(F)n3)cc2)CC1. The van der Waals surface area contributed by atoms with E-state index in [1.165, 1.54) is 126 Å². The number of hydrogen-bond donors (Lipinski definition) is 0. The molecule has 0 spiro atoms. The number of nitrogens with zero attached hydrogens (tertiary/aromatic N) is 2. The number of aromatic nitrogens is 2. The average Bonchev–Trinajstić information content (AvgIpc) is 3.14. The van der Waals surface area contributed by atoms with Crippen LogP contribution in [0.4, 0.5) is 8.78 Å². The standard InChI is InChI=1S/C44H54F2N2O/c1-3-5-7-9-31-11-15-33(16-12-31)35-19-23-37(24-20-35)39-27-29-41(43(45)47-39)49-42-30-28-40(48-44(42)46)38-25-21-36(22-26-38)34-17-13-32(14-18-34)10-8-6-4-2/h19-34H,3-18H2,1-2H3. The predicted octanol–water partition coefficient (Wildman–Crippen LogP) is 13.6. The summed E-state index contributed by atoms with van der Waals surface area (Å²) >= 11 is 0. The Morgan fingerprint density at radius 3 is 1.24 bits per heavy atom. The van der Waals surface area contributed by atoms with Gasteiger partial charge in [0.05, 0.1) is 11.4 Å². The molecule has 2 aliphatic carbocycles. The zero-order chi connectivity index (χ0) is 34.0. The molecule has 2 aromatic carbocycles. The molecule has 0 atom stereocenters. The maximum atomic E-state index is 15.1. The van der Waals surface area contributed by atoms with E-state index in [1.54, 1.807) is 12.1 Å². The van der Waals surface area contributed by atoms with Gasteiger partial charge in [0, 0.05) is 11.1 Å². The normalized spacial score (nSPS) is 21.1. The fraction of sp³-hybridized carbons (Fsp3) is 0.500. The Morgan fingerprint density at radius 1 is 0.510 bits per heavy atom. The summed E-state index contributed by atoms with van der Waals surface area (Å²) in [4.78, 5) is 8.31. The van der Waals surface area contributed by atoms with Crippen LogP contribution in [0.25, 0.3) is 22.5 Å². The van der Waals surface area contributed by atoms with Crippen LogP contribution in [0.3, 0.4) is 0 Å². The molecule has 5 heteroatoms. The van der Waals surface area contributed by atoms with Gasteiger partial charge in [-0.3, -0.25) is 0 Å². The first-order valence-electron chi connectivity index (χ1n) is 19.2. The second kappa shape index (κ2) is 17.4. The van der Waals surface area contributed by atoms with Crippen molar-refractivity contribution in [2.45, 2.75) is 128 Å². The largest absolute Gasteiger partial charge is 0.448 e. The topological polar surface area (TPSA) is 35.0 Å². The van der Waals surface area contributed by atoms with Gasteiger partial charge in [-0.1, -0.05) is 114 Å². The van der Waals surface area contributed by atoms with Crippen molar-refractivity contribution < 1.29 is 13.5 Å². The fourth-order valence-corrected chi connectivity index (χ4v) is 8.22. The molecule has 2 saturated carbocycles. The lowest BCUT2D eigenvalue weighted by Gasteiger charge is -2.29. The number of unbranched alkanes of at least 4 members (excludes halogenated alkanes) is 4. The monoisotopic (exact) mass is 664 g/mol. The lowest BCUT2D eigenvalue weighted by atomic mass is 9.77. The van der Waals surface area contributed by atoms with Crippen molar-refractivity contribution in [3.8, 4) is 34.0 Å². The summed E-state index contributed by atoms with van der Waals surface area (Å²) in [6.07, 6.45) is 21.0. The third-order valence-corrected chi connectivity index (χ3v) is 11.3. The van der Waals surface area contributed by atoms with Crippen molar-refractivity contribution >= 4 is 0 Å². The highest BCUT2D eigenvalue weighted by atomic mass is 19.1. The van der Waals surface area contributed by atoms with Gasteiger partial charge in [0.1, 0.15) is 0 Å². The number of benzene rings is 2. The van der Waals surface area contributed by atoms with Crippen LogP contribution in [-0.4, -0.2) is 9.97 Å². The van der Waals surface area contributed by atoms with Crippen LogP contribution in [0.2, 0.25) is 0 Å². The molecule has 0 radical (unpaired) electrons. The lowest BCUT2D eigenvalue weighted by molar-refractivity contribution is 0.303. The average molecular weight is 665 g/mol. The van der Waals surface area contributed by atoms with Gasteiger partial charge in [-0.15, -0.1) is 0 Å². The Hall–Kier alpha value is -3.60. The van der Waals surface area contributed by atoms with E-state index in [-0.39, 0.29) is 11.5 Å². The van der Waals surface area contributed by atoms with Crippen molar-refractivity contribution in [3.63, 3.8) is 0 Å². The van der Waals surface area contributed by atoms with Gasteiger partial charge in [-0.25, -0.2) is 9.97 Å². The fourth-order valence-electron chi connectivity index (χ4n) is 8.22. The summed E-state index contributed by atoms with van der Waals surface area (Å²) in [6, 6.07) is 23.2. The Labute approximate surface area is 293 Å². The Morgan fingerprint density at radius 2 is 0.898 bits per heavy atom. The van der Waals surface area contributed by atoms with Crippen LogP contribution < -0.4 is 4.74 Å². The number of ether oxygens (including phenoxy) is 1. The van der Waals surface area contributed by atoms with Crippen LogP contribution in [0.15, 0.2) is 72.8 Å². The molecule has 6 rings (SSSR count). The van der Waals surface area contributed by atoms with Crippen LogP contribution in [-0.2, 0) is 0 Å². The quantitative estimate of drug-likeness (QED) is 0.0994. The first-order valence-corrected chi connectivity index (χ1v) is 19.2. The summed E-state index contributed by atoms with van der Waals surface area (Å²) < 4.78 is 35.9. The highest BCUT2D eigenvalue weighted by molar-refractivity contribution is 5.61. The van der Waals surface area contributed by atoms with Gasteiger partial charge >= 0.3 is 0 Å². The molecule has 2 heterocycles. The van der Waals surface area contributed by atoms with E-state index in [9.17, 15) is 0 Å².